The quantitative estimate of drug-likeness (QED) is 0.859. The average Bonchev–Trinajstić information content (AvgIpc) is 3.16. The maximum Gasteiger partial charge on any atom is 0.259 e. The lowest BCUT2D eigenvalue weighted by Gasteiger charge is -2.17. The first-order valence-electron chi connectivity index (χ1n) is 7.78. The number of rotatable bonds is 4. The van der Waals surface area contributed by atoms with Crippen LogP contribution >= 0.6 is 0 Å². The van der Waals surface area contributed by atoms with Crippen LogP contribution < -0.4 is 4.74 Å². The first kappa shape index (κ1) is 15.5. The van der Waals surface area contributed by atoms with Gasteiger partial charge in [-0.05, 0) is 39.3 Å². The Hall–Kier alpha value is -2.44. The minimum Gasteiger partial charge on any atom is -0.477 e. The predicted molar refractivity (Wildman–Crippen MR) is 82.4 cm³/mol. The molecule has 7 nitrogen and oxygen atoms in total. The molecule has 0 saturated carbocycles. The molecule has 0 bridgehead atoms. The molecule has 1 atom stereocenters. The van der Waals surface area contributed by atoms with Crippen molar-refractivity contribution in [2.45, 2.75) is 33.1 Å². The van der Waals surface area contributed by atoms with E-state index in [1.807, 2.05) is 19.9 Å². The average molecular weight is 316 g/mol. The fourth-order valence-electron chi connectivity index (χ4n) is 2.74. The van der Waals surface area contributed by atoms with Crippen molar-refractivity contribution in [2.75, 3.05) is 19.7 Å². The Kier molecular flexibility index (Phi) is 4.27. The second-order valence-electron chi connectivity index (χ2n) is 5.65. The van der Waals surface area contributed by atoms with E-state index < -0.39 is 0 Å². The number of hydrogen-bond donors (Lipinski definition) is 0. The molecule has 23 heavy (non-hydrogen) atoms. The van der Waals surface area contributed by atoms with E-state index in [0.717, 1.165) is 12.1 Å². The van der Waals surface area contributed by atoms with Gasteiger partial charge in [-0.3, -0.25) is 4.79 Å². The molecule has 3 rings (SSSR count). The number of ether oxygens (including phenoxy) is 1. The molecular formula is C16H20N4O3. The van der Waals surface area contributed by atoms with E-state index in [1.165, 1.54) is 0 Å². The highest BCUT2D eigenvalue weighted by Gasteiger charge is 2.32. The van der Waals surface area contributed by atoms with Gasteiger partial charge in [0.05, 0.1) is 12.5 Å². The first-order valence-corrected chi connectivity index (χ1v) is 7.78. The number of nitrogens with zero attached hydrogens (tertiary/aromatic N) is 4. The summed E-state index contributed by atoms with van der Waals surface area (Å²) >= 11 is 0. The fraction of sp³-hybridized carbons (Fsp3) is 0.500. The normalized spacial score (nSPS) is 17.5. The van der Waals surface area contributed by atoms with Crippen LogP contribution in [0.1, 0.15) is 47.0 Å². The van der Waals surface area contributed by atoms with Gasteiger partial charge in [-0.15, -0.1) is 0 Å². The van der Waals surface area contributed by atoms with E-state index in [2.05, 4.69) is 15.1 Å². The highest BCUT2D eigenvalue weighted by Crippen LogP contribution is 2.28. The van der Waals surface area contributed by atoms with E-state index in [9.17, 15) is 4.79 Å². The molecule has 0 unspecified atom stereocenters. The minimum atomic E-state index is -0.0697. The third kappa shape index (κ3) is 3.18. The van der Waals surface area contributed by atoms with Crippen LogP contribution in [0.2, 0.25) is 0 Å². The van der Waals surface area contributed by atoms with Crippen molar-refractivity contribution in [2.24, 2.45) is 0 Å². The zero-order chi connectivity index (χ0) is 16.4. The Morgan fingerprint density at radius 1 is 1.39 bits per heavy atom. The lowest BCUT2D eigenvalue weighted by atomic mass is 10.1. The van der Waals surface area contributed by atoms with Gasteiger partial charge >= 0.3 is 0 Å². The summed E-state index contributed by atoms with van der Waals surface area (Å²) in [4.78, 5) is 23.2. The van der Waals surface area contributed by atoms with Gasteiger partial charge in [-0.2, -0.15) is 4.98 Å². The van der Waals surface area contributed by atoms with Crippen molar-refractivity contribution in [3.05, 3.63) is 35.1 Å². The van der Waals surface area contributed by atoms with Crippen LogP contribution in [-0.4, -0.2) is 45.6 Å². The molecule has 0 aromatic carbocycles. The number of aromatic nitrogens is 3. The molecule has 1 fully saturated rings. The van der Waals surface area contributed by atoms with Crippen LogP contribution in [0, 0.1) is 13.8 Å². The minimum absolute atomic E-state index is 0.0697. The number of pyridine rings is 1. The summed E-state index contributed by atoms with van der Waals surface area (Å²) in [6.07, 6.45) is 0.816. The van der Waals surface area contributed by atoms with Crippen LogP contribution in [0.25, 0.3) is 0 Å². The van der Waals surface area contributed by atoms with Crippen LogP contribution in [0.15, 0.2) is 16.7 Å². The van der Waals surface area contributed by atoms with E-state index in [4.69, 9.17) is 9.26 Å². The van der Waals surface area contributed by atoms with E-state index in [-0.39, 0.29) is 11.8 Å². The number of amides is 1. The molecule has 0 aliphatic carbocycles. The number of carbonyl (C=O) groups is 1. The van der Waals surface area contributed by atoms with Gasteiger partial charge in [-0.25, -0.2) is 4.98 Å². The second kappa shape index (κ2) is 6.36. The molecule has 0 spiro atoms. The number of hydrogen-bond acceptors (Lipinski definition) is 6. The summed E-state index contributed by atoms with van der Waals surface area (Å²) < 4.78 is 10.7. The Labute approximate surface area is 134 Å². The van der Waals surface area contributed by atoms with E-state index >= 15 is 0 Å². The fourth-order valence-corrected chi connectivity index (χ4v) is 2.74. The molecular weight excluding hydrogens is 296 g/mol. The third-order valence-corrected chi connectivity index (χ3v) is 3.88. The van der Waals surface area contributed by atoms with Crippen LogP contribution in [0.3, 0.4) is 0 Å². The summed E-state index contributed by atoms with van der Waals surface area (Å²) in [6.45, 7) is 7.24. The maximum absolute atomic E-state index is 12.8. The summed E-state index contributed by atoms with van der Waals surface area (Å²) in [5.74, 6) is 1.64. The van der Waals surface area contributed by atoms with Crippen molar-refractivity contribution < 1.29 is 14.1 Å². The Morgan fingerprint density at radius 3 is 2.91 bits per heavy atom. The molecule has 7 heteroatoms. The summed E-state index contributed by atoms with van der Waals surface area (Å²) in [5.41, 5.74) is 1.32. The molecule has 0 N–H and O–H groups in total. The molecule has 1 saturated heterocycles. The van der Waals surface area contributed by atoms with E-state index in [0.29, 0.717) is 42.9 Å². The molecule has 2 aromatic rings. The standard InChI is InChI=1S/C16H20N4O3/c1-4-22-15-13(6-5-10(2)17-15)16(21)20-8-7-12(9-20)14-18-11(3)19-23-14/h5-6,12H,4,7-9H2,1-3H3/t12-/m0/s1. The molecule has 1 aliphatic heterocycles. The molecule has 0 radical (unpaired) electrons. The van der Waals surface area contributed by atoms with Crippen LogP contribution in [-0.2, 0) is 0 Å². The van der Waals surface area contributed by atoms with Crippen LogP contribution in [0.4, 0.5) is 0 Å². The zero-order valence-electron chi connectivity index (χ0n) is 13.6. The first-order chi connectivity index (χ1) is 11.1. The lowest BCUT2D eigenvalue weighted by Crippen LogP contribution is -2.29. The molecule has 1 aliphatic rings. The summed E-state index contributed by atoms with van der Waals surface area (Å²) in [6, 6.07) is 3.60. The Morgan fingerprint density at radius 2 is 2.22 bits per heavy atom. The van der Waals surface area contributed by atoms with Gasteiger partial charge in [0.2, 0.25) is 11.8 Å². The van der Waals surface area contributed by atoms with Gasteiger partial charge < -0.3 is 14.2 Å². The monoisotopic (exact) mass is 316 g/mol. The summed E-state index contributed by atoms with van der Waals surface area (Å²) in [7, 11) is 0. The van der Waals surface area contributed by atoms with Gasteiger partial charge in [0.1, 0.15) is 5.56 Å². The molecule has 2 aromatic heterocycles. The highest BCUT2D eigenvalue weighted by atomic mass is 16.5. The van der Waals surface area contributed by atoms with Crippen LogP contribution in [0.5, 0.6) is 5.88 Å². The highest BCUT2D eigenvalue weighted by molar-refractivity contribution is 5.96. The largest absolute Gasteiger partial charge is 0.477 e. The van der Waals surface area contributed by atoms with E-state index in [1.54, 1.807) is 17.9 Å². The third-order valence-electron chi connectivity index (χ3n) is 3.88. The number of likely N-dealkylation sites (tertiary alicyclic amines) is 1. The van der Waals surface area contributed by atoms with Gasteiger partial charge in [0, 0.05) is 18.8 Å². The van der Waals surface area contributed by atoms with Crippen molar-refractivity contribution in [3.8, 4) is 5.88 Å². The van der Waals surface area contributed by atoms with Gasteiger partial charge in [0.15, 0.2) is 5.82 Å². The van der Waals surface area contributed by atoms with Gasteiger partial charge in [-0.1, -0.05) is 5.16 Å². The van der Waals surface area contributed by atoms with Crippen molar-refractivity contribution in [1.82, 2.24) is 20.0 Å². The van der Waals surface area contributed by atoms with Crippen molar-refractivity contribution in [1.29, 1.82) is 0 Å². The zero-order valence-corrected chi connectivity index (χ0v) is 13.6. The molecule has 3 heterocycles. The number of carbonyl (C=O) groups excluding carboxylic acids is 1. The van der Waals surface area contributed by atoms with Crippen molar-refractivity contribution >= 4 is 5.91 Å². The maximum atomic E-state index is 12.8. The summed E-state index contributed by atoms with van der Waals surface area (Å²) in [5, 5.41) is 3.82. The van der Waals surface area contributed by atoms with Crippen molar-refractivity contribution in [3.63, 3.8) is 0 Å². The van der Waals surface area contributed by atoms with Gasteiger partial charge in [0.25, 0.3) is 5.91 Å². The Bertz CT molecular complexity index is 713. The number of aryl methyl sites for hydroxylation is 2. The molecule has 122 valence electrons. The Balaban J connectivity index is 1.76. The second-order valence-corrected chi connectivity index (χ2v) is 5.65. The topological polar surface area (TPSA) is 81.4 Å². The predicted octanol–water partition coefficient (Wildman–Crippen LogP) is 2.11. The molecule has 1 amide bonds. The SMILES string of the molecule is CCOc1nc(C)ccc1C(=O)N1CC[C@H](c2nc(C)no2)C1. The smallest absolute Gasteiger partial charge is 0.259 e. The lowest BCUT2D eigenvalue weighted by molar-refractivity contribution is 0.0784.